The van der Waals surface area contributed by atoms with E-state index in [4.69, 9.17) is 0 Å². The highest BCUT2D eigenvalue weighted by atomic mass is 16.2. The minimum absolute atomic E-state index is 0.0788. The Hall–Kier alpha value is -1.88. The predicted molar refractivity (Wildman–Crippen MR) is 106 cm³/mol. The minimum Gasteiger partial charge on any atom is -0.342 e. The van der Waals surface area contributed by atoms with Crippen molar-refractivity contribution in [3.05, 3.63) is 35.4 Å². The van der Waals surface area contributed by atoms with E-state index in [-0.39, 0.29) is 11.4 Å². The van der Waals surface area contributed by atoms with Crippen LogP contribution < -0.4 is 0 Å². The van der Waals surface area contributed by atoms with E-state index in [1.807, 2.05) is 36.1 Å². The Morgan fingerprint density at radius 2 is 1.93 bits per heavy atom. The molecule has 146 valence electrons. The van der Waals surface area contributed by atoms with Crippen molar-refractivity contribution in [1.82, 2.24) is 14.7 Å². The minimum atomic E-state index is -0.0788. The van der Waals surface area contributed by atoms with Crippen LogP contribution in [-0.4, -0.2) is 71.8 Å². The lowest BCUT2D eigenvalue weighted by Crippen LogP contribution is -2.62. The molecule has 4 rings (SSSR count). The van der Waals surface area contributed by atoms with Crippen LogP contribution in [0.25, 0.3) is 0 Å². The second kappa shape index (κ2) is 7.27. The third-order valence-electron chi connectivity index (χ3n) is 6.84. The molecule has 2 amide bonds. The van der Waals surface area contributed by atoms with Crippen LogP contribution in [0.5, 0.6) is 0 Å². The molecule has 1 aliphatic carbocycles. The third kappa shape index (κ3) is 3.75. The highest BCUT2D eigenvalue weighted by molar-refractivity contribution is 5.95. The van der Waals surface area contributed by atoms with E-state index in [1.54, 1.807) is 0 Å². The normalized spacial score (nSPS) is 27.1. The summed E-state index contributed by atoms with van der Waals surface area (Å²) in [4.78, 5) is 32.3. The second-order valence-corrected chi connectivity index (χ2v) is 8.72. The van der Waals surface area contributed by atoms with Crippen LogP contribution in [0, 0.1) is 12.8 Å². The number of rotatable bonds is 3. The van der Waals surface area contributed by atoms with Gasteiger partial charge in [0.15, 0.2) is 0 Å². The molecule has 2 heterocycles. The number of likely N-dealkylation sites (tertiary alicyclic amines) is 1. The van der Waals surface area contributed by atoms with Crippen molar-refractivity contribution in [2.75, 3.05) is 39.8 Å². The molecule has 27 heavy (non-hydrogen) atoms. The van der Waals surface area contributed by atoms with Crippen LogP contribution in [-0.2, 0) is 4.79 Å². The lowest BCUT2D eigenvalue weighted by molar-refractivity contribution is -0.130. The van der Waals surface area contributed by atoms with E-state index in [0.29, 0.717) is 12.3 Å². The molecule has 1 saturated carbocycles. The number of aryl methyl sites for hydroxylation is 1. The second-order valence-electron chi connectivity index (χ2n) is 8.72. The average molecular weight is 370 g/mol. The Morgan fingerprint density at radius 1 is 1.15 bits per heavy atom. The van der Waals surface area contributed by atoms with Crippen molar-refractivity contribution in [1.29, 1.82) is 0 Å². The molecule has 0 N–H and O–H groups in total. The highest BCUT2D eigenvalue weighted by Gasteiger charge is 2.44. The summed E-state index contributed by atoms with van der Waals surface area (Å²) in [5, 5.41) is 0. The number of carbonyl (C=O) groups excluding carboxylic acids is 2. The van der Waals surface area contributed by atoms with Gasteiger partial charge in [-0.15, -0.1) is 0 Å². The van der Waals surface area contributed by atoms with Gasteiger partial charge in [-0.2, -0.15) is 0 Å². The average Bonchev–Trinajstić information content (AvgIpc) is 3.49. The summed E-state index contributed by atoms with van der Waals surface area (Å²) in [5.74, 6) is 1.16. The van der Waals surface area contributed by atoms with Crippen LogP contribution in [0.4, 0.5) is 0 Å². The first-order valence-corrected chi connectivity index (χ1v) is 10.3. The van der Waals surface area contributed by atoms with Crippen LogP contribution in [0.1, 0.15) is 48.0 Å². The molecule has 0 aromatic heterocycles. The van der Waals surface area contributed by atoms with Gasteiger partial charge in [-0.25, -0.2) is 0 Å². The molecule has 5 heteroatoms. The smallest absolute Gasteiger partial charge is 0.254 e. The summed E-state index contributed by atoms with van der Waals surface area (Å²) in [6, 6.07) is 7.84. The molecule has 1 atom stereocenters. The van der Waals surface area contributed by atoms with Crippen molar-refractivity contribution in [2.45, 2.75) is 44.6 Å². The zero-order valence-corrected chi connectivity index (χ0v) is 16.6. The summed E-state index contributed by atoms with van der Waals surface area (Å²) >= 11 is 0. The Labute approximate surface area is 162 Å². The third-order valence-corrected chi connectivity index (χ3v) is 6.84. The Kier molecular flexibility index (Phi) is 4.97. The van der Waals surface area contributed by atoms with Gasteiger partial charge in [0.1, 0.15) is 0 Å². The summed E-state index contributed by atoms with van der Waals surface area (Å²) in [5.41, 5.74) is 1.75. The molecule has 5 nitrogen and oxygen atoms in total. The lowest BCUT2D eigenvalue weighted by atomic mass is 9.86. The summed E-state index contributed by atoms with van der Waals surface area (Å²) < 4.78 is 0. The Bertz CT molecular complexity index is 730. The van der Waals surface area contributed by atoms with Gasteiger partial charge in [0.2, 0.25) is 5.91 Å². The number of hydrogen-bond acceptors (Lipinski definition) is 3. The number of nitrogens with zero attached hydrogens (tertiary/aromatic N) is 3. The molecule has 1 aromatic carbocycles. The molecule has 2 aliphatic heterocycles. The van der Waals surface area contributed by atoms with E-state index in [1.165, 1.54) is 12.8 Å². The van der Waals surface area contributed by atoms with E-state index in [2.05, 4.69) is 16.8 Å². The van der Waals surface area contributed by atoms with Gasteiger partial charge < -0.3 is 9.80 Å². The quantitative estimate of drug-likeness (QED) is 0.822. The molecule has 0 radical (unpaired) electrons. The number of benzene rings is 1. The maximum absolute atomic E-state index is 13.2. The summed E-state index contributed by atoms with van der Waals surface area (Å²) in [6.07, 6.45) is 4.95. The fourth-order valence-electron chi connectivity index (χ4n) is 4.66. The molecule has 1 aromatic rings. The van der Waals surface area contributed by atoms with Crippen LogP contribution in [0.15, 0.2) is 24.3 Å². The van der Waals surface area contributed by atoms with Crippen LogP contribution >= 0.6 is 0 Å². The van der Waals surface area contributed by atoms with Crippen molar-refractivity contribution in [2.24, 2.45) is 5.92 Å². The standard InChI is InChI=1S/C22H31N3O2/c1-17-5-3-4-6-19(17)21(27)25-14-13-23(2)22(16-25)10-9-20(26)24(12-11-22)15-18-7-8-18/h3-6,18H,7-16H2,1-2H3. The van der Waals surface area contributed by atoms with E-state index < -0.39 is 0 Å². The number of carbonyl (C=O) groups is 2. The van der Waals surface area contributed by atoms with Gasteiger partial charge in [-0.05, 0) is 57.2 Å². The molecule has 0 bridgehead atoms. The van der Waals surface area contributed by atoms with Gasteiger partial charge >= 0.3 is 0 Å². The van der Waals surface area contributed by atoms with Gasteiger partial charge in [0.25, 0.3) is 5.91 Å². The van der Waals surface area contributed by atoms with Gasteiger partial charge in [0, 0.05) is 50.2 Å². The van der Waals surface area contributed by atoms with Gasteiger partial charge in [-0.1, -0.05) is 18.2 Å². The molecule has 3 fully saturated rings. The lowest BCUT2D eigenvalue weighted by Gasteiger charge is -2.49. The van der Waals surface area contributed by atoms with Crippen LogP contribution in [0.2, 0.25) is 0 Å². The monoisotopic (exact) mass is 369 g/mol. The van der Waals surface area contributed by atoms with Crippen molar-refractivity contribution < 1.29 is 9.59 Å². The number of hydrogen-bond donors (Lipinski definition) is 0. The molecule has 1 unspecified atom stereocenters. The molecular formula is C22H31N3O2. The summed E-state index contributed by atoms with van der Waals surface area (Å²) in [7, 11) is 2.16. The Balaban J connectivity index is 1.50. The van der Waals surface area contributed by atoms with Crippen molar-refractivity contribution >= 4 is 11.8 Å². The highest BCUT2D eigenvalue weighted by Crippen LogP contribution is 2.35. The van der Waals surface area contributed by atoms with Crippen molar-refractivity contribution in [3.63, 3.8) is 0 Å². The molecule has 3 aliphatic rings. The van der Waals surface area contributed by atoms with E-state index in [0.717, 1.165) is 62.6 Å². The maximum atomic E-state index is 13.2. The number of piperazine rings is 1. The fraction of sp³-hybridized carbons (Fsp3) is 0.636. The maximum Gasteiger partial charge on any atom is 0.254 e. The number of likely N-dealkylation sites (N-methyl/N-ethyl adjacent to an activating group) is 1. The van der Waals surface area contributed by atoms with Crippen molar-refractivity contribution in [3.8, 4) is 0 Å². The molecule has 1 spiro atoms. The van der Waals surface area contributed by atoms with Gasteiger partial charge in [-0.3, -0.25) is 14.5 Å². The zero-order valence-electron chi connectivity index (χ0n) is 16.6. The van der Waals surface area contributed by atoms with E-state index in [9.17, 15) is 9.59 Å². The first-order valence-electron chi connectivity index (χ1n) is 10.3. The first kappa shape index (κ1) is 18.5. The predicted octanol–water partition coefficient (Wildman–Crippen LogP) is 2.54. The SMILES string of the molecule is Cc1ccccc1C(=O)N1CCN(C)C2(CCC(=O)N(CC3CC3)CC2)C1. The number of amides is 2. The van der Waals surface area contributed by atoms with Gasteiger partial charge in [0.05, 0.1) is 0 Å². The largest absolute Gasteiger partial charge is 0.342 e. The molecule has 2 saturated heterocycles. The fourth-order valence-corrected chi connectivity index (χ4v) is 4.66. The van der Waals surface area contributed by atoms with E-state index >= 15 is 0 Å². The first-order chi connectivity index (χ1) is 13.0. The topological polar surface area (TPSA) is 43.9 Å². The Morgan fingerprint density at radius 3 is 2.67 bits per heavy atom. The molecular weight excluding hydrogens is 338 g/mol. The summed E-state index contributed by atoms with van der Waals surface area (Å²) in [6.45, 7) is 6.11. The van der Waals surface area contributed by atoms with Crippen LogP contribution in [0.3, 0.4) is 0 Å². The zero-order chi connectivity index (χ0) is 19.0.